The largest absolute Gasteiger partial charge is 0.481 e. The molecule has 5 nitrogen and oxygen atoms in total. The van der Waals surface area contributed by atoms with Crippen LogP contribution in [-0.4, -0.2) is 48.6 Å². The van der Waals surface area contributed by atoms with Crippen molar-refractivity contribution in [2.24, 2.45) is 0 Å². The highest BCUT2D eigenvalue weighted by atomic mass is 16.4. The Morgan fingerprint density at radius 2 is 2.00 bits per heavy atom. The van der Waals surface area contributed by atoms with E-state index in [1.165, 1.54) is 0 Å². The van der Waals surface area contributed by atoms with Crippen LogP contribution in [0.5, 0.6) is 0 Å². The van der Waals surface area contributed by atoms with Crippen molar-refractivity contribution < 1.29 is 14.7 Å². The lowest BCUT2D eigenvalue weighted by Gasteiger charge is -2.15. The Labute approximate surface area is 96.8 Å². The van der Waals surface area contributed by atoms with Crippen LogP contribution in [0.3, 0.4) is 0 Å². The van der Waals surface area contributed by atoms with E-state index in [4.69, 9.17) is 5.11 Å². The van der Waals surface area contributed by atoms with Crippen molar-refractivity contribution in [3.63, 3.8) is 0 Å². The number of carboxylic acids is 1. The quantitative estimate of drug-likeness (QED) is 0.572. The average molecular weight is 230 g/mol. The van der Waals surface area contributed by atoms with E-state index in [0.29, 0.717) is 19.5 Å². The second-order valence-electron chi connectivity index (χ2n) is 3.94. The van der Waals surface area contributed by atoms with Crippen LogP contribution >= 0.6 is 0 Å². The number of carboxylic acid groups (broad SMARTS) is 1. The number of hydrogen-bond donors (Lipinski definition) is 2. The van der Waals surface area contributed by atoms with Gasteiger partial charge in [0, 0.05) is 13.0 Å². The SMILES string of the molecule is CCCCNC(=O)CN(C)CCCC(=O)O. The lowest BCUT2D eigenvalue weighted by molar-refractivity contribution is -0.137. The number of hydrogen-bond acceptors (Lipinski definition) is 3. The first kappa shape index (κ1) is 14.9. The number of carbonyl (C=O) groups excluding carboxylic acids is 1. The number of nitrogens with one attached hydrogen (secondary N) is 1. The van der Waals surface area contributed by atoms with Crippen molar-refractivity contribution in [2.75, 3.05) is 26.7 Å². The van der Waals surface area contributed by atoms with Crippen LogP contribution in [0.2, 0.25) is 0 Å². The van der Waals surface area contributed by atoms with Crippen LogP contribution in [0.15, 0.2) is 0 Å². The van der Waals surface area contributed by atoms with E-state index in [9.17, 15) is 9.59 Å². The Morgan fingerprint density at radius 3 is 2.56 bits per heavy atom. The predicted molar refractivity (Wildman–Crippen MR) is 62.3 cm³/mol. The van der Waals surface area contributed by atoms with Crippen molar-refractivity contribution in [1.29, 1.82) is 0 Å². The molecule has 0 unspecified atom stereocenters. The molecule has 1 amide bonds. The third-order valence-corrected chi connectivity index (χ3v) is 2.20. The zero-order valence-corrected chi connectivity index (χ0v) is 10.2. The molecule has 0 aliphatic rings. The number of carbonyl (C=O) groups is 2. The molecule has 0 rings (SSSR count). The summed E-state index contributed by atoms with van der Waals surface area (Å²) in [6.45, 7) is 3.76. The molecule has 0 radical (unpaired) electrons. The van der Waals surface area contributed by atoms with Crippen LogP contribution in [0.1, 0.15) is 32.6 Å². The second kappa shape index (κ2) is 9.15. The summed E-state index contributed by atoms with van der Waals surface area (Å²) in [4.78, 5) is 23.5. The fraction of sp³-hybridized carbons (Fsp3) is 0.818. The average Bonchev–Trinajstić information content (AvgIpc) is 2.17. The molecule has 16 heavy (non-hydrogen) atoms. The summed E-state index contributed by atoms with van der Waals surface area (Å²) in [6, 6.07) is 0. The van der Waals surface area contributed by atoms with Crippen LogP contribution < -0.4 is 5.32 Å². The highest BCUT2D eigenvalue weighted by molar-refractivity contribution is 5.77. The van der Waals surface area contributed by atoms with Crippen LogP contribution in [0.4, 0.5) is 0 Å². The molecule has 0 aromatic heterocycles. The van der Waals surface area contributed by atoms with Gasteiger partial charge in [0.15, 0.2) is 0 Å². The maximum absolute atomic E-state index is 11.4. The zero-order chi connectivity index (χ0) is 12.4. The van der Waals surface area contributed by atoms with E-state index in [1.807, 2.05) is 11.9 Å². The smallest absolute Gasteiger partial charge is 0.303 e. The molecule has 0 atom stereocenters. The molecule has 0 aromatic rings. The molecule has 0 saturated heterocycles. The first-order valence-corrected chi connectivity index (χ1v) is 5.73. The van der Waals surface area contributed by atoms with Crippen LogP contribution in [0.25, 0.3) is 0 Å². The van der Waals surface area contributed by atoms with E-state index >= 15 is 0 Å². The summed E-state index contributed by atoms with van der Waals surface area (Å²) in [6.07, 6.45) is 2.79. The Kier molecular flexibility index (Phi) is 8.52. The summed E-state index contributed by atoms with van der Waals surface area (Å²) < 4.78 is 0. The van der Waals surface area contributed by atoms with Gasteiger partial charge in [-0.15, -0.1) is 0 Å². The molecule has 0 aromatic carbocycles. The third-order valence-electron chi connectivity index (χ3n) is 2.20. The number of aliphatic carboxylic acids is 1. The molecule has 0 aliphatic heterocycles. The molecular weight excluding hydrogens is 208 g/mol. The summed E-state index contributed by atoms with van der Waals surface area (Å²) in [5.41, 5.74) is 0. The first-order chi connectivity index (χ1) is 7.56. The molecule has 94 valence electrons. The van der Waals surface area contributed by atoms with Crippen molar-refractivity contribution in [2.45, 2.75) is 32.6 Å². The minimum Gasteiger partial charge on any atom is -0.481 e. The number of rotatable bonds is 9. The van der Waals surface area contributed by atoms with Crippen molar-refractivity contribution in [1.82, 2.24) is 10.2 Å². The molecule has 0 aliphatic carbocycles. The van der Waals surface area contributed by atoms with Crippen molar-refractivity contribution >= 4 is 11.9 Å². The van der Waals surface area contributed by atoms with E-state index in [-0.39, 0.29) is 12.3 Å². The van der Waals surface area contributed by atoms with Gasteiger partial charge in [-0.2, -0.15) is 0 Å². The number of amides is 1. The number of likely N-dealkylation sites (N-methyl/N-ethyl adjacent to an activating group) is 1. The van der Waals surface area contributed by atoms with Crippen LogP contribution in [-0.2, 0) is 9.59 Å². The topological polar surface area (TPSA) is 69.6 Å². The second-order valence-corrected chi connectivity index (χ2v) is 3.94. The molecule has 2 N–H and O–H groups in total. The third kappa shape index (κ3) is 9.45. The van der Waals surface area contributed by atoms with Gasteiger partial charge in [0.05, 0.1) is 6.54 Å². The maximum atomic E-state index is 11.4. The molecule has 0 saturated carbocycles. The zero-order valence-electron chi connectivity index (χ0n) is 10.2. The van der Waals surface area contributed by atoms with Gasteiger partial charge >= 0.3 is 5.97 Å². The summed E-state index contributed by atoms with van der Waals surface area (Å²) in [5.74, 6) is -0.785. The van der Waals surface area contributed by atoms with Crippen molar-refractivity contribution in [3.8, 4) is 0 Å². The Bertz CT molecular complexity index is 219. The van der Waals surface area contributed by atoms with Gasteiger partial charge in [0.1, 0.15) is 0 Å². The van der Waals surface area contributed by atoms with Gasteiger partial charge in [-0.25, -0.2) is 0 Å². The van der Waals surface area contributed by atoms with Crippen LogP contribution in [0, 0.1) is 0 Å². The first-order valence-electron chi connectivity index (χ1n) is 5.73. The number of unbranched alkanes of at least 4 members (excludes halogenated alkanes) is 1. The molecule has 0 spiro atoms. The summed E-state index contributed by atoms with van der Waals surface area (Å²) >= 11 is 0. The standard InChI is InChI=1S/C11H22N2O3/c1-3-4-7-12-10(14)9-13(2)8-5-6-11(15)16/h3-9H2,1-2H3,(H,12,14)(H,15,16). The van der Waals surface area contributed by atoms with Gasteiger partial charge in [0.25, 0.3) is 0 Å². The van der Waals surface area contributed by atoms with E-state index < -0.39 is 5.97 Å². The van der Waals surface area contributed by atoms with Gasteiger partial charge in [0.2, 0.25) is 5.91 Å². The Morgan fingerprint density at radius 1 is 1.31 bits per heavy atom. The fourth-order valence-corrected chi connectivity index (χ4v) is 1.28. The van der Waals surface area contributed by atoms with Crippen molar-refractivity contribution in [3.05, 3.63) is 0 Å². The highest BCUT2D eigenvalue weighted by Gasteiger charge is 2.06. The summed E-state index contributed by atoms with van der Waals surface area (Å²) in [7, 11) is 1.82. The van der Waals surface area contributed by atoms with E-state index in [0.717, 1.165) is 19.4 Å². The Balaban J connectivity index is 3.50. The van der Waals surface area contributed by atoms with Gasteiger partial charge in [-0.3, -0.25) is 14.5 Å². The fourth-order valence-electron chi connectivity index (χ4n) is 1.28. The lowest BCUT2D eigenvalue weighted by atomic mass is 10.3. The van der Waals surface area contributed by atoms with Gasteiger partial charge in [-0.05, 0) is 26.4 Å². The summed E-state index contributed by atoms with van der Waals surface area (Å²) in [5, 5.41) is 11.3. The van der Waals surface area contributed by atoms with E-state index in [2.05, 4.69) is 12.2 Å². The molecule has 5 heteroatoms. The molecule has 0 fully saturated rings. The van der Waals surface area contributed by atoms with Gasteiger partial charge < -0.3 is 10.4 Å². The molecular formula is C11H22N2O3. The van der Waals surface area contributed by atoms with E-state index in [1.54, 1.807) is 0 Å². The maximum Gasteiger partial charge on any atom is 0.303 e. The number of nitrogens with zero attached hydrogens (tertiary/aromatic N) is 1. The normalized spacial score (nSPS) is 10.4. The minimum absolute atomic E-state index is 0.00581. The highest BCUT2D eigenvalue weighted by Crippen LogP contribution is 1.92. The predicted octanol–water partition coefficient (Wildman–Crippen LogP) is 0.699. The molecule has 0 heterocycles. The lowest BCUT2D eigenvalue weighted by Crippen LogP contribution is -2.36. The molecule has 0 bridgehead atoms. The Hall–Kier alpha value is -1.10. The van der Waals surface area contributed by atoms with Gasteiger partial charge in [-0.1, -0.05) is 13.3 Å². The monoisotopic (exact) mass is 230 g/mol. The minimum atomic E-state index is -0.791.